The van der Waals surface area contributed by atoms with Crippen LogP contribution in [0, 0.1) is 0 Å². The number of amides is 1. The first kappa shape index (κ1) is 11.7. The summed E-state index contributed by atoms with van der Waals surface area (Å²) in [6.45, 7) is 2.62. The van der Waals surface area contributed by atoms with Gasteiger partial charge in [0.2, 0.25) is 5.88 Å². The molecule has 98 valence electrons. The molecule has 1 aliphatic rings. The van der Waals surface area contributed by atoms with Crippen LogP contribution < -0.4 is 10.1 Å². The van der Waals surface area contributed by atoms with Gasteiger partial charge in [-0.25, -0.2) is 4.98 Å². The number of fused-ring (bicyclic) bond motifs is 1. The number of carbonyl (C=O) groups is 1. The van der Waals surface area contributed by atoms with Gasteiger partial charge < -0.3 is 10.1 Å². The predicted octanol–water partition coefficient (Wildman–Crippen LogP) is 1.26. The lowest BCUT2D eigenvalue weighted by Gasteiger charge is -2.22. The van der Waals surface area contributed by atoms with Crippen LogP contribution in [0.25, 0.3) is 11.1 Å². The van der Waals surface area contributed by atoms with Crippen molar-refractivity contribution < 1.29 is 9.53 Å². The fourth-order valence-electron chi connectivity index (χ4n) is 2.23. The molecule has 1 atom stereocenters. The van der Waals surface area contributed by atoms with E-state index in [4.69, 9.17) is 4.74 Å². The van der Waals surface area contributed by atoms with E-state index >= 15 is 0 Å². The number of hydrogen-bond donors (Lipinski definition) is 1. The van der Waals surface area contributed by atoms with Gasteiger partial charge in [0.05, 0.1) is 19.3 Å². The highest BCUT2D eigenvalue weighted by Gasteiger charge is 2.27. The van der Waals surface area contributed by atoms with Crippen molar-refractivity contribution in [2.45, 2.75) is 13.0 Å². The predicted molar refractivity (Wildman–Crippen MR) is 69.1 cm³/mol. The van der Waals surface area contributed by atoms with Gasteiger partial charge in [-0.15, -0.1) is 0 Å². The van der Waals surface area contributed by atoms with Crippen molar-refractivity contribution >= 4 is 5.91 Å². The Kier molecular flexibility index (Phi) is 2.70. The van der Waals surface area contributed by atoms with Crippen LogP contribution in [0.5, 0.6) is 5.88 Å². The first-order valence-electron chi connectivity index (χ1n) is 6.07. The fourth-order valence-corrected chi connectivity index (χ4v) is 2.23. The minimum Gasteiger partial charge on any atom is -0.481 e. The quantitative estimate of drug-likeness (QED) is 0.880. The summed E-state index contributed by atoms with van der Waals surface area (Å²) in [6, 6.07) is 3.79. The number of rotatable bonds is 2. The van der Waals surface area contributed by atoms with E-state index < -0.39 is 0 Å². The number of nitrogens with one attached hydrogen (secondary N) is 1. The van der Waals surface area contributed by atoms with Gasteiger partial charge in [0, 0.05) is 24.4 Å². The average molecular weight is 258 g/mol. The molecule has 1 N–H and O–H groups in total. The Hall–Kier alpha value is -2.37. The zero-order chi connectivity index (χ0) is 13.4. The van der Waals surface area contributed by atoms with E-state index in [-0.39, 0.29) is 11.9 Å². The third kappa shape index (κ3) is 1.85. The highest BCUT2D eigenvalue weighted by Crippen LogP contribution is 2.28. The molecule has 1 unspecified atom stereocenters. The third-order valence-electron chi connectivity index (χ3n) is 3.24. The molecule has 0 fully saturated rings. The molecule has 0 radical (unpaired) electrons. The lowest BCUT2D eigenvalue weighted by atomic mass is 10.1. The van der Waals surface area contributed by atoms with Crippen molar-refractivity contribution in [3.63, 3.8) is 0 Å². The Morgan fingerprint density at radius 2 is 2.37 bits per heavy atom. The lowest BCUT2D eigenvalue weighted by Crippen LogP contribution is -2.38. The fraction of sp³-hybridized carbons (Fsp3) is 0.308. The Morgan fingerprint density at radius 3 is 3.16 bits per heavy atom. The van der Waals surface area contributed by atoms with Crippen molar-refractivity contribution in [2.75, 3.05) is 13.7 Å². The monoisotopic (exact) mass is 258 g/mol. The minimum absolute atomic E-state index is 0.0959. The molecule has 0 saturated carbocycles. The summed E-state index contributed by atoms with van der Waals surface area (Å²) >= 11 is 0. The van der Waals surface area contributed by atoms with Crippen LogP contribution in [-0.2, 0) is 0 Å². The second kappa shape index (κ2) is 4.38. The molecule has 0 aromatic carbocycles. The summed E-state index contributed by atoms with van der Waals surface area (Å²) in [5.74, 6) is 0.420. The number of carbonyl (C=O) groups excluding carboxylic acids is 1. The molecule has 1 amide bonds. The summed E-state index contributed by atoms with van der Waals surface area (Å²) in [6.07, 6.45) is 3.37. The average Bonchev–Trinajstić information content (AvgIpc) is 2.89. The van der Waals surface area contributed by atoms with E-state index in [1.807, 2.05) is 13.0 Å². The van der Waals surface area contributed by atoms with Crippen molar-refractivity contribution in [2.24, 2.45) is 0 Å². The van der Waals surface area contributed by atoms with Crippen LogP contribution in [0.4, 0.5) is 0 Å². The molecule has 3 rings (SSSR count). The molecule has 0 aliphatic carbocycles. The molecule has 3 heterocycles. The van der Waals surface area contributed by atoms with Gasteiger partial charge in [-0.05, 0) is 18.6 Å². The van der Waals surface area contributed by atoms with Gasteiger partial charge in [0.25, 0.3) is 5.91 Å². The zero-order valence-electron chi connectivity index (χ0n) is 10.8. The van der Waals surface area contributed by atoms with Gasteiger partial charge in [-0.3, -0.25) is 9.48 Å². The number of ether oxygens (including phenoxy) is 1. The summed E-state index contributed by atoms with van der Waals surface area (Å²) in [5.41, 5.74) is 2.26. The van der Waals surface area contributed by atoms with E-state index in [1.165, 1.54) is 0 Å². The summed E-state index contributed by atoms with van der Waals surface area (Å²) in [7, 11) is 1.56. The van der Waals surface area contributed by atoms with E-state index in [0.29, 0.717) is 18.1 Å². The number of hydrogen-bond acceptors (Lipinski definition) is 4. The van der Waals surface area contributed by atoms with Crippen LogP contribution in [0.2, 0.25) is 0 Å². The molecule has 2 aromatic heterocycles. The molecule has 0 spiro atoms. The van der Waals surface area contributed by atoms with Crippen molar-refractivity contribution in [1.82, 2.24) is 20.1 Å². The molecular formula is C13H14N4O2. The van der Waals surface area contributed by atoms with Gasteiger partial charge in [-0.2, -0.15) is 5.10 Å². The highest BCUT2D eigenvalue weighted by molar-refractivity contribution is 5.99. The Balaban J connectivity index is 2.13. The van der Waals surface area contributed by atoms with Gasteiger partial charge in [-0.1, -0.05) is 0 Å². The molecule has 6 nitrogen and oxygen atoms in total. The number of pyridine rings is 1. The van der Waals surface area contributed by atoms with Crippen molar-refractivity contribution in [1.29, 1.82) is 0 Å². The van der Waals surface area contributed by atoms with Crippen LogP contribution in [-0.4, -0.2) is 34.3 Å². The van der Waals surface area contributed by atoms with Crippen LogP contribution >= 0.6 is 0 Å². The van der Waals surface area contributed by atoms with Crippen LogP contribution in [0.3, 0.4) is 0 Å². The van der Waals surface area contributed by atoms with E-state index in [0.717, 1.165) is 11.1 Å². The molecule has 0 bridgehead atoms. The third-order valence-corrected chi connectivity index (χ3v) is 3.24. The lowest BCUT2D eigenvalue weighted by molar-refractivity contribution is 0.0913. The van der Waals surface area contributed by atoms with E-state index in [9.17, 15) is 4.79 Å². The first-order chi connectivity index (χ1) is 9.20. The summed E-state index contributed by atoms with van der Waals surface area (Å²) in [5, 5.41) is 7.18. The summed E-state index contributed by atoms with van der Waals surface area (Å²) < 4.78 is 6.87. The van der Waals surface area contributed by atoms with Crippen molar-refractivity contribution in [3.8, 4) is 17.0 Å². The Morgan fingerprint density at radius 1 is 1.53 bits per heavy atom. The minimum atomic E-state index is -0.0959. The van der Waals surface area contributed by atoms with Crippen molar-refractivity contribution in [3.05, 3.63) is 30.2 Å². The van der Waals surface area contributed by atoms with E-state index in [1.54, 1.807) is 30.3 Å². The Labute approximate surface area is 110 Å². The second-order valence-electron chi connectivity index (χ2n) is 4.50. The van der Waals surface area contributed by atoms with Crippen LogP contribution in [0.15, 0.2) is 24.5 Å². The first-order valence-corrected chi connectivity index (χ1v) is 6.07. The summed E-state index contributed by atoms with van der Waals surface area (Å²) in [4.78, 5) is 16.1. The zero-order valence-corrected chi connectivity index (χ0v) is 10.8. The van der Waals surface area contributed by atoms with Gasteiger partial charge in [0.1, 0.15) is 5.69 Å². The largest absolute Gasteiger partial charge is 0.481 e. The SMILES string of the molecule is COc1cc(-c2cnn3c2C(=O)NCC3C)ccn1. The molecule has 1 aliphatic heterocycles. The normalized spacial score (nSPS) is 17.8. The number of nitrogens with zero attached hydrogens (tertiary/aromatic N) is 3. The highest BCUT2D eigenvalue weighted by atomic mass is 16.5. The van der Waals surface area contributed by atoms with Gasteiger partial charge in [0.15, 0.2) is 0 Å². The molecule has 19 heavy (non-hydrogen) atoms. The maximum atomic E-state index is 12.0. The second-order valence-corrected chi connectivity index (χ2v) is 4.50. The Bertz CT molecular complexity index is 635. The molecular weight excluding hydrogens is 244 g/mol. The molecule has 2 aromatic rings. The van der Waals surface area contributed by atoms with Crippen LogP contribution in [0.1, 0.15) is 23.5 Å². The maximum Gasteiger partial charge on any atom is 0.270 e. The molecule has 0 saturated heterocycles. The smallest absolute Gasteiger partial charge is 0.270 e. The van der Waals surface area contributed by atoms with E-state index in [2.05, 4.69) is 15.4 Å². The van der Waals surface area contributed by atoms with Gasteiger partial charge >= 0.3 is 0 Å². The number of aromatic nitrogens is 3. The maximum absolute atomic E-state index is 12.0. The molecule has 6 heteroatoms. The number of methoxy groups -OCH3 is 1. The topological polar surface area (TPSA) is 69.0 Å². The standard InChI is InChI=1S/C13H14N4O2/c1-8-6-15-13(18)12-10(7-16-17(8)12)9-3-4-14-11(5-9)19-2/h3-5,7-8H,6H2,1-2H3,(H,15,18).